The molecule has 1 aromatic rings. The Balaban J connectivity index is 2.22. The van der Waals surface area contributed by atoms with E-state index >= 15 is 0 Å². The summed E-state index contributed by atoms with van der Waals surface area (Å²) in [6, 6.07) is 5.90. The van der Waals surface area contributed by atoms with E-state index in [0.29, 0.717) is 13.1 Å². The van der Waals surface area contributed by atoms with Gasteiger partial charge in [-0.2, -0.15) is 13.2 Å². The van der Waals surface area contributed by atoms with Gasteiger partial charge in [0.15, 0.2) is 0 Å². The lowest BCUT2D eigenvalue weighted by Crippen LogP contribution is -2.18. The molecule has 0 amide bonds. The Morgan fingerprint density at radius 1 is 1.38 bits per heavy atom. The third kappa shape index (κ3) is 2.14. The van der Waals surface area contributed by atoms with Gasteiger partial charge in [-0.15, -0.1) is 0 Å². The monoisotopic (exact) mass is 230 g/mol. The quantitative estimate of drug-likeness (QED) is 0.800. The molecule has 0 saturated carbocycles. The van der Waals surface area contributed by atoms with Gasteiger partial charge in [0.1, 0.15) is 0 Å². The van der Waals surface area contributed by atoms with Crippen molar-refractivity contribution in [3.63, 3.8) is 0 Å². The minimum atomic E-state index is -4.27. The van der Waals surface area contributed by atoms with Crippen LogP contribution >= 0.6 is 0 Å². The molecule has 1 unspecified atom stereocenters. The normalized spacial score (nSPS) is 20.0. The average Bonchev–Trinajstić information content (AvgIpc) is 2.97. The molecule has 1 atom stereocenters. The summed E-state index contributed by atoms with van der Waals surface area (Å²) in [6.07, 6.45) is -4.27. The molecule has 5 heteroatoms. The standard InChI is InChI=1S/C11H13F3N2/c1-15-6-8-7-16(8)10-5-3-2-4-9(10)11(12,13)14/h2-5,8,15H,6-7H2,1H3. The summed E-state index contributed by atoms with van der Waals surface area (Å²) in [5, 5.41) is 2.96. The molecule has 1 fully saturated rings. The minimum absolute atomic E-state index is 0.188. The number of rotatable bonds is 3. The lowest BCUT2D eigenvalue weighted by molar-refractivity contribution is -0.137. The first-order valence-corrected chi connectivity index (χ1v) is 5.11. The second-order valence-electron chi connectivity index (χ2n) is 3.88. The Bertz CT molecular complexity index is 376. The molecule has 1 aliphatic heterocycles. The van der Waals surface area contributed by atoms with Crippen LogP contribution in [-0.4, -0.2) is 26.2 Å². The fraction of sp³-hybridized carbons (Fsp3) is 0.455. The van der Waals surface area contributed by atoms with E-state index in [4.69, 9.17) is 0 Å². The van der Waals surface area contributed by atoms with E-state index in [2.05, 4.69) is 5.32 Å². The van der Waals surface area contributed by atoms with Gasteiger partial charge in [0.05, 0.1) is 11.6 Å². The Morgan fingerprint density at radius 3 is 2.69 bits per heavy atom. The van der Waals surface area contributed by atoms with Crippen LogP contribution < -0.4 is 10.2 Å². The number of benzene rings is 1. The number of hydrogen-bond donors (Lipinski definition) is 1. The van der Waals surface area contributed by atoms with Crippen LogP contribution in [0.1, 0.15) is 5.56 Å². The van der Waals surface area contributed by atoms with E-state index < -0.39 is 11.7 Å². The van der Waals surface area contributed by atoms with Gasteiger partial charge in [0, 0.05) is 18.8 Å². The first kappa shape index (κ1) is 11.3. The first-order valence-electron chi connectivity index (χ1n) is 5.11. The number of anilines is 1. The zero-order chi connectivity index (χ0) is 11.8. The summed E-state index contributed by atoms with van der Waals surface area (Å²) in [4.78, 5) is 1.76. The molecule has 0 spiro atoms. The second-order valence-corrected chi connectivity index (χ2v) is 3.88. The highest BCUT2D eigenvalue weighted by Crippen LogP contribution is 2.40. The molecule has 2 rings (SSSR count). The van der Waals surface area contributed by atoms with Crippen LogP contribution in [0.4, 0.5) is 18.9 Å². The Labute approximate surface area is 92.1 Å². The van der Waals surface area contributed by atoms with E-state index in [-0.39, 0.29) is 11.7 Å². The molecule has 2 nitrogen and oxygen atoms in total. The van der Waals surface area contributed by atoms with Gasteiger partial charge >= 0.3 is 6.18 Å². The Morgan fingerprint density at radius 2 is 2.06 bits per heavy atom. The smallest absolute Gasteiger partial charge is 0.363 e. The van der Waals surface area contributed by atoms with Crippen molar-refractivity contribution in [2.45, 2.75) is 12.2 Å². The minimum Gasteiger partial charge on any atom is -0.363 e. The zero-order valence-electron chi connectivity index (χ0n) is 8.88. The number of hydrogen-bond acceptors (Lipinski definition) is 2. The Hall–Kier alpha value is -1.23. The largest absolute Gasteiger partial charge is 0.418 e. The highest BCUT2D eigenvalue weighted by Gasteiger charge is 2.40. The van der Waals surface area contributed by atoms with Crippen LogP contribution in [-0.2, 0) is 6.18 Å². The molecule has 1 N–H and O–H groups in total. The summed E-state index contributed by atoms with van der Waals surface area (Å²) in [5.74, 6) is 0. The van der Waals surface area contributed by atoms with Crippen molar-refractivity contribution in [1.82, 2.24) is 5.32 Å². The summed E-state index contributed by atoms with van der Waals surface area (Å²) in [6.45, 7) is 1.40. The lowest BCUT2D eigenvalue weighted by atomic mass is 10.1. The van der Waals surface area contributed by atoms with E-state index in [1.807, 2.05) is 0 Å². The third-order valence-corrected chi connectivity index (χ3v) is 2.67. The van der Waals surface area contributed by atoms with E-state index in [1.165, 1.54) is 12.1 Å². The molecule has 0 aliphatic carbocycles. The molecule has 0 bridgehead atoms. The van der Waals surface area contributed by atoms with Crippen molar-refractivity contribution in [2.24, 2.45) is 0 Å². The van der Waals surface area contributed by atoms with Crippen molar-refractivity contribution in [3.8, 4) is 0 Å². The van der Waals surface area contributed by atoms with Gasteiger partial charge in [0.25, 0.3) is 0 Å². The van der Waals surface area contributed by atoms with Crippen LogP contribution in [0, 0.1) is 0 Å². The van der Waals surface area contributed by atoms with Gasteiger partial charge in [-0.1, -0.05) is 12.1 Å². The number of likely N-dealkylation sites (N-methyl/N-ethyl adjacent to an activating group) is 1. The van der Waals surface area contributed by atoms with Gasteiger partial charge < -0.3 is 10.2 Å². The van der Waals surface area contributed by atoms with Gasteiger partial charge in [-0.3, -0.25) is 0 Å². The molecule has 1 heterocycles. The van der Waals surface area contributed by atoms with Crippen LogP contribution in [0.5, 0.6) is 0 Å². The molecule has 1 saturated heterocycles. The number of alkyl halides is 3. The number of para-hydroxylation sites is 1. The highest BCUT2D eigenvalue weighted by molar-refractivity contribution is 5.60. The molecule has 16 heavy (non-hydrogen) atoms. The molecule has 0 aromatic heterocycles. The fourth-order valence-electron chi connectivity index (χ4n) is 1.85. The predicted octanol–water partition coefficient (Wildman–Crippen LogP) is 2.11. The molecular formula is C11H13F3N2. The highest BCUT2D eigenvalue weighted by atomic mass is 19.4. The van der Waals surface area contributed by atoms with Crippen molar-refractivity contribution in [2.75, 3.05) is 25.0 Å². The van der Waals surface area contributed by atoms with Gasteiger partial charge in [0.2, 0.25) is 0 Å². The van der Waals surface area contributed by atoms with E-state index in [1.54, 1.807) is 18.0 Å². The fourth-order valence-corrected chi connectivity index (χ4v) is 1.85. The number of nitrogens with one attached hydrogen (secondary N) is 1. The third-order valence-electron chi connectivity index (χ3n) is 2.67. The maximum Gasteiger partial charge on any atom is 0.418 e. The lowest BCUT2D eigenvalue weighted by Gasteiger charge is -2.14. The predicted molar refractivity (Wildman–Crippen MR) is 56.5 cm³/mol. The summed E-state index contributed by atoms with van der Waals surface area (Å²) in [7, 11) is 1.80. The molecule has 1 aliphatic rings. The van der Waals surface area contributed by atoms with Crippen molar-refractivity contribution < 1.29 is 13.2 Å². The topological polar surface area (TPSA) is 15.0 Å². The van der Waals surface area contributed by atoms with Gasteiger partial charge in [-0.05, 0) is 19.2 Å². The number of nitrogens with zero attached hydrogens (tertiary/aromatic N) is 1. The summed E-state index contributed by atoms with van der Waals surface area (Å²) in [5.41, 5.74) is -0.260. The SMILES string of the molecule is CNCC1CN1c1ccccc1C(F)(F)F. The van der Waals surface area contributed by atoms with Crippen LogP contribution in [0.25, 0.3) is 0 Å². The average molecular weight is 230 g/mol. The second kappa shape index (κ2) is 3.97. The van der Waals surface area contributed by atoms with Crippen molar-refractivity contribution in [3.05, 3.63) is 29.8 Å². The van der Waals surface area contributed by atoms with Crippen molar-refractivity contribution in [1.29, 1.82) is 0 Å². The maximum atomic E-state index is 12.7. The molecule has 1 aromatic carbocycles. The van der Waals surface area contributed by atoms with Gasteiger partial charge in [-0.25, -0.2) is 0 Å². The molecule has 0 radical (unpaired) electrons. The van der Waals surface area contributed by atoms with E-state index in [9.17, 15) is 13.2 Å². The zero-order valence-corrected chi connectivity index (χ0v) is 8.88. The Kier molecular flexibility index (Phi) is 2.80. The molecular weight excluding hydrogens is 217 g/mol. The maximum absolute atomic E-state index is 12.7. The first-order chi connectivity index (χ1) is 7.54. The van der Waals surface area contributed by atoms with Crippen LogP contribution in [0.3, 0.4) is 0 Å². The van der Waals surface area contributed by atoms with Crippen molar-refractivity contribution >= 4 is 5.69 Å². The summed E-state index contributed by atoms with van der Waals surface area (Å²) >= 11 is 0. The van der Waals surface area contributed by atoms with Crippen LogP contribution in [0.2, 0.25) is 0 Å². The summed E-state index contributed by atoms with van der Waals surface area (Å²) < 4.78 is 38.1. The van der Waals surface area contributed by atoms with E-state index in [0.717, 1.165) is 6.07 Å². The molecule has 88 valence electrons. The van der Waals surface area contributed by atoms with Crippen LogP contribution in [0.15, 0.2) is 24.3 Å². The number of halogens is 3.